The van der Waals surface area contributed by atoms with Gasteiger partial charge in [-0.1, -0.05) is 5.16 Å². The molecule has 1 aromatic heterocycles. The summed E-state index contributed by atoms with van der Waals surface area (Å²) in [5.41, 5.74) is 0.754. The lowest BCUT2D eigenvalue weighted by molar-refractivity contribution is 0.101. The lowest BCUT2D eigenvalue weighted by atomic mass is 10.2. The summed E-state index contributed by atoms with van der Waals surface area (Å²) in [5.74, 6) is 1.37. The number of nitrogens with one attached hydrogen (secondary N) is 1. The molecule has 19 heavy (non-hydrogen) atoms. The van der Waals surface area contributed by atoms with E-state index in [0.717, 1.165) is 0 Å². The van der Waals surface area contributed by atoms with Gasteiger partial charge in [0.05, 0.1) is 19.9 Å². The highest BCUT2D eigenvalue weighted by molar-refractivity contribution is 6.03. The number of benzene rings is 1. The molecule has 0 fully saturated rings. The SMILES string of the molecule is COc1ccc(NC(=O)c2cc(C)on2)c(OC)c1. The van der Waals surface area contributed by atoms with Crippen LogP contribution in [0.5, 0.6) is 11.5 Å². The average molecular weight is 262 g/mol. The van der Waals surface area contributed by atoms with Crippen LogP contribution in [0.1, 0.15) is 16.2 Å². The third-order valence-electron chi connectivity index (χ3n) is 2.52. The molecule has 1 aromatic carbocycles. The van der Waals surface area contributed by atoms with Crippen molar-refractivity contribution in [1.29, 1.82) is 0 Å². The van der Waals surface area contributed by atoms with Crippen LogP contribution in [0, 0.1) is 6.92 Å². The van der Waals surface area contributed by atoms with E-state index in [1.807, 2.05) is 0 Å². The highest BCUT2D eigenvalue weighted by Gasteiger charge is 2.14. The standard InChI is InChI=1S/C13H14N2O4/c1-8-6-11(15-19-8)13(16)14-10-5-4-9(17-2)7-12(10)18-3/h4-7H,1-3H3,(H,14,16). The number of carbonyl (C=O) groups is 1. The lowest BCUT2D eigenvalue weighted by Gasteiger charge is -2.10. The van der Waals surface area contributed by atoms with Crippen LogP contribution >= 0.6 is 0 Å². The highest BCUT2D eigenvalue weighted by Crippen LogP contribution is 2.29. The summed E-state index contributed by atoms with van der Waals surface area (Å²) in [6.07, 6.45) is 0. The molecule has 0 aliphatic rings. The van der Waals surface area contributed by atoms with Crippen LogP contribution in [-0.2, 0) is 0 Å². The van der Waals surface area contributed by atoms with Crippen molar-refractivity contribution in [2.45, 2.75) is 6.92 Å². The van der Waals surface area contributed by atoms with Gasteiger partial charge in [0.25, 0.3) is 5.91 Å². The number of aryl methyl sites for hydroxylation is 1. The molecule has 0 radical (unpaired) electrons. The molecule has 0 unspecified atom stereocenters. The molecular formula is C13H14N2O4. The number of rotatable bonds is 4. The molecule has 1 heterocycles. The van der Waals surface area contributed by atoms with E-state index >= 15 is 0 Å². The quantitative estimate of drug-likeness (QED) is 0.914. The van der Waals surface area contributed by atoms with E-state index in [-0.39, 0.29) is 11.6 Å². The second-order valence-electron chi connectivity index (χ2n) is 3.84. The van der Waals surface area contributed by atoms with Gasteiger partial charge in [0.15, 0.2) is 5.69 Å². The zero-order valence-corrected chi connectivity index (χ0v) is 10.9. The van der Waals surface area contributed by atoms with E-state index in [2.05, 4.69) is 10.5 Å². The fourth-order valence-corrected chi connectivity index (χ4v) is 1.56. The number of aromatic nitrogens is 1. The van der Waals surface area contributed by atoms with Crippen molar-refractivity contribution in [2.24, 2.45) is 0 Å². The number of hydrogen-bond donors (Lipinski definition) is 1. The highest BCUT2D eigenvalue weighted by atomic mass is 16.5. The van der Waals surface area contributed by atoms with Gasteiger partial charge in [-0.3, -0.25) is 4.79 Å². The minimum atomic E-state index is -0.361. The summed E-state index contributed by atoms with van der Waals surface area (Å²) >= 11 is 0. The third kappa shape index (κ3) is 2.85. The molecule has 6 nitrogen and oxygen atoms in total. The second-order valence-corrected chi connectivity index (χ2v) is 3.84. The maximum absolute atomic E-state index is 11.9. The molecule has 0 saturated carbocycles. The summed E-state index contributed by atoms with van der Waals surface area (Å²) in [6, 6.07) is 6.67. The monoisotopic (exact) mass is 262 g/mol. The van der Waals surface area contributed by atoms with Crippen molar-refractivity contribution in [3.63, 3.8) is 0 Å². The Balaban J connectivity index is 2.21. The largest absolute Gasteiger partial charge is 0.497 e. The minimum Gasteiger partial charge on any atom is -0.497 e. The Kier molecular flexibility index (Phi) is 3.70. The Hall–Kier alpha value is -2.50. The summed E-state index contributed by atoms with van der Waals surface area (Å²) in [6.45, 7) is 1.72. The number of hydrogen-bond acceptors (Lipinski definition) is 5. The van der Waals surface area contributed by atoms with Crippen molar-refractivity contribution in [2.75, 3.05) is 19.5 Å². The molecule has 0 spiro atoms. The van der Waals surface area contributed by atoms with Crippen molar-refractivity contribution >= 4 is 11.6 Å². The predicted octanol–water partition coefficient (Wildman–Crippen LogP) is 2.25. The zero-order valence-electron chi connectivity index (χ0n) is 10.9. The summed E-state index contributed by atoms with van der Waals surface area (Å²) < 4.78 is 15.1. The van der Waals surface area contributed by atoms with Gasteiger partial charge in [-0.2, -0.15) is 0 Å². The van der Waals surface area contributed by atoms with Crippen LogP contribution in [-0.4, -0.2) is 25.3 Å². The molecule has 100 valence electrons. The molecular weight excluding hydrogens is 248 g/mol. The van der Waals surface area contributed by atoms with E-state index < -0.39 is 0 Å². The van der Waals surface area contributed by atoms with Gasteiger partial charge in [-0.05, 0) is 19.1 Å². The molecule has 1 N–H and O–H groups in total. The van der Waals surface area contributed by atoms with E-state index in [0.29, 0.717) is 22.9 Å². The summed E-state index contributed by atoms with van der Waals surface area (Å²) in [7, 11) is 3.08. The summed E-state index contributed by atoms with van der Waals surface area (Å²) in [5, 5.41) is 6.35. The molecule has 0 atom stereocenters. The van der Waals surface area contributed by atoms with Crippen LogP contribution in [0.15, 0.2) is 28.8 Å². The Labute approximate surface area is 110 Å². The van der Waals surface area contributed by atoms with Crippen LogP contribution in [0.4, 0.5) is 5.69 Å². The Morgan fingerprint density at radius 2 is 2.05 bits per heavy atom. The van der Waals surface area contributed by atoms with E-state index in [1.54, 1.807) is 38.3 Å². The van der Waals surface area contributed by atoms with Crippen LogP contribution in [0.25, 0.3) is 0 Å². The molecule has 0 aliphatic carbocycles. The number of anilines is 1. The number of nitrogens with zero attached hydrogens (tertiary/aromatic N) is 1. The van der Waals surface area contributed by atoms with Gasteiger partial charge >= 0.3 is 0 Å². The fraction of sp³-hybridized carbons (Fsp3) is 0.231. The first-order chi connectivity index (χ1) is 9.13. The Morgan fingerprint density at radius 1 is 1.26 bits per heavy atom. The third-order valence-corrected chi connectivity index (χ3v) is 2.52. The first kappa shape index (κ1) is 12.9. The van der Waals surface area contributed by atoms with Crippen molar-refractivity contribution in [3.8, 4) is 11.5 Å². The molecule has 6 heteroatoms. The summed E-state index contributed by atoms with van der Waals surface area (Å²) in [4.78, 5) is 11.9. The van der Waals surface area contributed by atoms with Crippen LogP contribution < -0.4 is 14.8 Å². The van der Waals surface area contributed by atoms with Gasteiger partial charge in [0.1, 0.15) is 17.3 Å². The van der Waals surface area contributed by atoms with Gasteiger partial charge in [0.2, 0.25) is 0 Å². The maximum Gasteiger partial charge on any atom is 0.277 e. The molecule has 0 saturated heterocycles. The second kappa shape index (κ2) is 5.43. The Bertz CT molecular complexity index is 592. The molecule has 2 aromatic rings. The number of carbonyl (C=O) groups excluding carboxylic acids is 1. The minimum absolute atomic E-state index is 0.218. The van der Waals surface area contributed by atoms with Gasteiger partial charge in [-0.25, -0.2) is 0 Å². The molecule has 2 rings (SSSR count). The van der Waals surface area contributed by atoms with Crippen molar-refractivity contribution in [1.82, 2.24) is 5.16 Å². The molecule has 1 amide bonds. The van der Waals surface area contributed by atoms with E-state index in [9.17, 15) is 4.79 Å². The number of amides is 1. The number of methoxy groups -OCH3 is 2. The van der Waals surface area contributed by atoms with E-state index in [1.165, 1.54) is 7.11 Å². The number of ether oxygens (including phenoxy) is 2. The molecule has 0 aliphatic heterocycles. The van der Waals surface area contributed by atoms with E-state index in [4.69, 9.17) is 14.0 Å². The zero-order chi connectivity index (χ0) is 13.8. The first-order valence-corrected chi connectivity index (χ1v) is 5.60. The first-order valence-electron chi connectivity index (χ1n) is 5.60. The topological polar surface area (TPSA) is 73.6 Å². The van der Waals surface area contributed by atoms with Gasteiger partial charge < -0.3 is 19.3 Å². The molecule has 0 bridgehead atoms. The van der Waals surface area contributed by atoms with Crippen LogP contribution in [0.2, 0.25) is 0 Å². The van der Waals surface area contributed by atoms with Crippen molar-refractivity contribution in [3.05, 3.63) is 35.7 Å². The predicted molar refractivity (Wildman–Crippen MR) is 68.7 cm³/mol. The smallest absolute Gasteiger partial charge is 0.277 e. The fourth-order valence-electron chi connectivity index (χ4n) is 1.56. The van der Waals surface area contributed by atoms with Gasteiger partial charge in [0, 0.05) is 12.1 Å². The lowest BCUT2D eigenvalue weighted by Crippen LogP contribution is -2.13. The van der Waals surface area contributed by atoms with Gasteiger partial charge in [-0.15, -0.1) is 0 Å². The maximum atomic E-state index is 11.9. The average Bonchev–Trinajstić information content (AvgIpc) is 2.86. The van der Waals surface area contributed by atoms with Crippen molar-refractivity contribution < 1.29 is 18.8 Å². The van der Waals surface area contributed by atoms with Crippen LogP contribution in [0.3, 0.4) is 0 Å². The normalized spacial score (nSPS) is 10.1. The Morgan fingerprint density at radius 3 is 2.63 bits per heavy atom.